The van der Waals surface area contributed by atoms with Gasteiger partial charge in [-0.1, -0.05) is 25.4 Å². The lowest BCUT2D eigenvalue weighted by molar-refractivity contribution is -0.280. The van der Waals surface area contributed by atoms with Crippen LogP contribution < -0.4 is 10.1 Å². The SMILES string of the molecule is CC(C)(CC(O)(NCc1cc2cc(C(F)(F)F)ncc2[nH]1)C(F)(F)F)c1cc(Cl)cc2c1OCC2. The molecule has 3 heterocycles. The maximum absolute atomic E-state index is 14.1. The van der Waals surface area contributed by atoms with E-state index in [1.165, 1.54) is 12.1 Å². The smallest absolute Gasteiger partial charge is 0.433 e. The van der Waals surface area contributed by atoms with Crippen molar-refractivity contribution in [2.75, 3.05) is 6.61 Å². The molecule has 1 atom stereocenters. The number of hydrogen-bond donors (Lipinski definition) is 3. The van der Waals surface area contributed by atoms with Crippen LogP contribution in [0.5, 0.6) is 5.75 Å². The Labute approximate surface area is 201 Å². The summed E-state index contributed by atoms with van der Waals surface area (Å²) in [6.07, 6.45) is -8.97. The van der Waals surface area contributed by atoms with Crippen LogP contribution in [-0.2, 0) is 24.6 Å². The van der Waals surface area contributed by atoms with Gasteiger partial charge in [0.2, 0.25) is 5.72 Å². The second-order valence-electron chi connectivity index (χ2n) is 9.26. The predicted octanol–water partition coefficient (Wildman–Crippen LogP) is 5.88. The average Bonchev–Trinajstić information content (AvgIpc) is 3.35. The summed E-state index contributed by atoms with van der Waals surface area (Å²) in [4.78, 5) is 6.05. The van der Waals surface area contributed by atoms with E-state index in [1.807, 2.05) is 0 Å². The van der Waals surface area contributed by atoms with Crippen molar-refractivity contribution in [1.29, 1.82) is 0 Å². The quantitative estimate of drug-likeness (QED) is 0.280. The number of aliphatic hydroxyl groups is 1. The number of pyridine rings is 1. The molecule has 0 aliphatic carbocycles. The van der Waals surface area contributed by atoms with Crippen LogP contribution in [0.4, 0.5) is 26.3 Å². The Kier molecular flexibility index (Phi) is 6.26. The van der Waals surface area contributed by atoms with Crippen molar-refractivity contribution >= 4 is 22.5 Å². The van der Waals surface area contributed by atoms with Gasteiger partial charge in [0.05, 0.1) is 18.3 Å². The Hall–Kier alpha value is -2.50. The van der Waals surface area contributed by atoms with Crippen molar-refractivity contribution in [2.45, 2.75) is 56.7 Å². The highest BCUT2D eigenvalue weighted by Gasteiger charge is 2.56. The van der Waals surface area contributed by atoms with Crippen LogP contribution >= 0.6 is 11.6 Å². The van der Waals surface area contributed by atoms with Crippen LogP contribution in [-0.4, -0.2) is 33.6 Å². The summed E-state index contributed by atoms with van der Waals surface area (Å²) < 4.78 is 86.6. The fraction of sp³-hybridized carbons (Fsp3) is 0.435. The van der Waals surface area contributed by atoms with Gasteiger partial charge in [0.25, 0.3) is 0 Å². The summed E-state index contributed by atoms with van der Waals surface area (Å²) in [5, 5.41) is 13.4. The van der Waals surface area contributed by atoms with Crippen LogP contribution in [0.15, 0.2) is 30.5 Å². The number of hydrogen-bond acceptors (Lipinski definition) is 4. The molecule has 0 saturated carbocycles. The molecule has 35 heavy (non-hydrogen) atoms. The zero-order chi connectivity index (χ0) is 25.8. The Morgan fingerprint density at radius 2 is 1.83 bits per heavy atom. The highest BCUT2D eigenvalue weighted by Crippen LogP contribution is 2.45. The third-order valence-electron chi connectivity index (χ3n) is 6.07. The standard InChI is InChI=1S/C23H22ClF6N3O2/c1-20(2,16-8-14(24)5-12-3-4-35-19(12)16)11-21(34,23(28,29)30)32-9-15-6-13-7-18(22(25,26)27)31-10-17(13)33-15/h5-8,10,32-34H,3-4,9,11H2,1-2H3. The number of ether oxygens (including phenoxy) is 1. The van der Waals surface area contributed by atoms with Gasteiger partial charge in [-0.25, -0.2) is 4.98 Å². The van der Waals surface area contributed by atoms with Crippen LogP contribution in [0.2, 0.25) is 5.02 Å². The molecule has 2 aromatic heterocycles. The lowest BCUT2D eigenvalue weighted by atomic mass is 9.76. The van der Waals surface area contributed by atoms with E-state index in [4.69, 9.17) is 16.3 Å². The molecule has 3 aromatic rings. The zero-order valence-corrected chi connectivity index (χ0v) is 19.4. The van der Waals surface area contributed by atoms with Gasteiger partial charge in [-0.05, 0) is 35.2 Å². The molecular formula is C23H22ClF6N3O2. The van der Waals surface area contributed by atoms with Crippen molar-refractivity contribution in [3.63, 3.8) is 0 Å². The molecular weight excluding hydrogens is 500 g/mol. The van der Waals surface area contributed by atoms with Crippen LogP contribution in [0.1, 0.15) is 42.8 Å². The highest BCUT2D eigenvalue weighted by molar-refractivity contribution is 6.30. The van der Waals surface area contributed by atoms with Crippen molar-refractivity contribution in [2.24, 2.45) is 0 Å². The maximum atomic E-state index is 14.1. The normalized spacial score (nSPS) is 16.3. The minimum absolute atomic E-state index is 0.131. The Bertz CT molecular complexity index is 1250. The monoisotopic (exact) mass is 521 g/mol. The topological polar surface area (TPSA) is 70.2 Å². The Morgan fingerprint density at radius 1 is 1.11 bits per heavy atom. The van der Waals surface area contributed by atoms with Crippen LogP contribution in [0.25, 0.3) is 10.9 Å². The molecule has 1 unspecified atom stereocenters. The number of H-pyrrole nitrogens is 1. The van der Waals surface area contributed by atoms with Gasteiger partial charge >= 0.3 is 12.4 Å². The molecule has 0 saturated heterocycles. The predicted molar refractivity (Wildman–Crippen MR) is 117 cm³/mol. The summed E-state index contributed by atoms with van der Waals surface area (Å²) in [5.41, 5.74) is -4.06. The van der Waals surface area contributed by atoms with E-state index in [9.17, 15) is 31.4 Å². The Morgan fingerprint density at radius 3 is 2.49 bits per heavy atom. The van der Waals surface area contributed by atoms with E-state index in [0.29, 0.717) is 29.4 Å². The number of alkyl halides is 6. The Balaban J connectivity index is 1.60. The first-order valence-corrected chi connectivity index (χ1v) is 11.0. The van der Waals surface area contributed by atoms with E-state index in [0.717, 1.165) is 17.8 Å². The number of rotatable bonds is 6. The van der Waals surface area contributed by atoms with Gasteiger partial charge in [0, 0.05) is 41.1 Å². The zero-order valence-electron chi connectivity index (χ0n) is 18.7. The van der Waals surface area contributed by atoms with Crippen LogP contribution in [0, 0.1) is 0 Å². The number of aromatic nitrogens is 2. The molecule has 1 aliphatic rings. The number of nitrogens with zero attached hydrogens (tertiary/aromatic N) is 1. The minimum Gasteiger partial charge on any atom is -0.493 e. The molecule has 0 bridgehead atoms. The third-order valence-corrected chi connectivity index (χ3v) is 6.29. The van der Waals surface area contributed by atoms with Gasteiger partial charge in [-0.15, -0.1) is 0 Å². The molecule has 12 heteroatoms. The summed E-state index contributed by atoms with van der Waals surface area (Å²) in [7, 11) is 0. The molecule has 1 aliphatic heterocycles. The fourth-order valence-electron chi connectivity index (χ4n) is 4.35. The van der Waals surface area contributed by atoms with Gasteiger partial charge in [-0.2, -0.15) is 26.3 Å². The molecule has 1 aromatic carbocycles. The van der Waals surface area contributed by atoms with Gasteiger partial charge < -0.3 is 14.8 Å². The first-order valence-electron chi connectivity index (χ1n) is 10.6. The summed E-state index contributed by atoms with van der Waals surface area (Å²) in [5.74, 6) is 0.465. The second kappa shape index (κ2) is 8.56. The average molecular weight is 522 g/mol. The van der Waals surface area contributed by atoms with Crippen LogP contribution in [0.3, 0.4) is 0 Å². The van der Waals surface area contributed by atoms with Crippen molar-refractivity contribution in [1.82, 2.24) is 15.3 Å². The summed E-state index contributed by atoms with van der Waals surface area (Å²) in [6.45, 7) is 2.98. The first-order chi connectivity index (χ1) is 16.1. The van der Waals surface area contributed by atoms with E-state index >= 15 is 0 Å². The molecule has 5 nitrogen and oxygen atoms in total. The lowest BCUT2D eigenvalue weighted by Crippen LogP contribution is -2.59. The molecule has 0 radical (unpaired) electrons. The minimum atomic E-state index is -5.07. The van der Waals surface area contributed by atoms with Crippen molar-refractivity contribution in [3.8, 4) is 5.75 Å². The first kappa shape index (κ1) is 25.6. The lowest BCUT2D eigenvalue weighted by Gasteiger charge is -2.38. The van der Waals surface area contributed by atoms with E-state index in [1.54, 1.807) is 19.9 Å². The number of benzene rings is 1. The van der Waals surface area contributed by atoms with Gasteiger partial charge in [0.15, 0.2) is 0 Å². The van der Waals surface area contributed by atoms with E-state index < -0.39 is 42.2 Å². The van der Waals surface area contributed by atoms with Crippen molar-refractivity contribution in [3.05, 3.63) is 58.0 Å². The molecule has 0 spiro atoms. The highest BCUT2D eigenvalue weighted by atomic mass is 35.5. The number of fused-ring (bicyclic) bond motifs is 2. The molecule has 190 valence electrons. The maximum Gasteiger partial charge on any atom is 0.433 e. The number of aromatic amines is 1. The molecule has 4 rings (SSSR count). The fourth-order valence-corrected chi connectivity index (χ4v) is 4.59. The number of halogens is 7. The molecule has 0 fully saturated rings. The summed E-state index contributed by atoms with van der Waals surface area (Å²) in [6, 6.07) is 5.31. The largest absolute Gasteiger partial charge is 0.493 e. The third kappa shape index (κ3) is 5.07. The van der Waals surface area contributed by atoms with Gasteiger partial charge in [-0.3, -0.25) is 5.32 Å². The van der Waals surface area contributed by atoms with Gasteiger partial charge in [0.1, 0.15) is 11.4 Å². The van der Waals surface area contributed by atoms with Crippen molar-refractivity contribution < 1.29 is 36.2 Å². The second-order valence-corrected chi connectivity index (χ2v) is 9.70. The molecule has 0 amide bonds. The summed E-state index contributed by atoms with van der Waals surface area (Å²) >= 11 is 6.18. The van der Waals surface area contributed by atoms with E-state index in [-0.39, 0.29) is 16.6 Å². The van der Waals surface area contributed by atoms with E-state index in [2.05, 4.69) is 15.3 Å². The molecule has 3 N–H and O–H groups in total. The number of nitrogens with one attached hydrogen (secondary N) is 2.